The molecule has 1 unspecified atom stereocenters. The Morgan fingerprint density at radius 3 is 2.32 bits per heavy atom. The lowest BCUT2D eigenvalue weighted by atomic mass is 10.1. The molecule has 8 nitrogen and oxygen atoms in total. The van der Waals surface area contributed by atoms with E-state index in [-0.39, 0.29) is 23.6 Å². The van der Waals surface area contributed by atoms with E-state index in [9.17, 15) is 13.2 Å². The van der Waals surface area contributed by atoms with Crippen LogP contribution in [-0.4, -0.2) is 59.9 Å². The molecule has 2 amide bonds. The molecule has 140 valence electrons. The van der Waals surface area contributed by atoms with Crippen molar-refractivity contribution in [2.75, 3.05) is 39.4 Å². The molecule has 1 aliphatic heterocycles. The lowest BCUT2D eigenvalue weighted by Gasteiger charge is -2.15. The number of sulfone groups is 1. The number of benzene rings is 1. The van der Waals surface area contributed by atoms with Crippen LogP contribution in [0.5, 0.6) is 17.2 Å². The minimum absolute atomic E-state index is 0.00389. The number of methoxy groups -OCH3 is 3. The van der Waals surface area contributed by atoms with Crippen molar-refractivity contribution in [1.82, 2.24) is 10.6 Å². The van der Waals surface area contributed by atoms with Crippen LogP contribution < -0.4 is 24.8 Å². The van der Waals surface area contributed by atoms with Gasteiger partial charge in [-0.2, -0.15) is 0 Å². The Labute approximate surface area is 147 Å². The number of ether oxygens (including phenoxy) is 3. The van der Waals surface area contributed by atoms with Gasteiger partial charge in [-0.1, -0.05) is 0 Å². The average molecular weight is 372 g/mol. The molecule has 0 aromatic heterocycles. The number of carbonyl (C=O) groups excluding carboxylic acids is 1. The van der Waals surface area contributed by atoms with Gasteiger partial charge >= 0.3 is 6.03 Å². The van der Waals surface area contributed by atoms with E-state index in [0.29, 0.717) is 36.6 Å². The number of nitrogens with one attached hydrogen (secondary N) is 2. The van der Waals surface area contributed by atoms with Crippen molar-refractivity contribution in [2.24, 2.45) is 0 Å². The van der Waals surface area contributed by atoms with Gasteiger partial charge < -0.3 is 24.8 Å². The van der Waals surface area contributed by atoms with E-state index < -0.39 is 9.84 Å². The predicted octanol–water partition coefficient (Wildman–Crippen LogP) is 0.741. The van der Waals surface area contributed by atoms with Gasteiger partial charge in [-0.15, -0.1) is 0 Å². The van der Waals surface area contributed by atoms with Gasteiger partial charge in [0.2, 0.25) is 0 Å². The van der Waals surface area contributed by atoms with Crippen molar-refractivity contribution in [3.63, 3.8) is 0 Å². The molecule has 1 atom stereocenters. The Balaban J connectivity index is 1.89. The maximum absolute atomic E-state index is 11.9. The summed E-state index contributed by atoms with van der Waals surface area (Å²) in [7, 11) is 1.65. The van der Waals surface area contributed by atoms with E-state index in [1.807, 2.05) is 0 Å². The van der Waals surface area contributed by atoms with Crippen LogP contribution in [0.1, 0.15) is 12.0 Å². The SMILES string of the molecule is COc1cc(OC)c(OC)cc1CCNC(=O)NC1CCS(=O)(=O)C1. The second-order valence-electron chi connectivity index (χ2n) is 5.77. The van der Waals surface area contributed by atoms with Crippen LogP contribution in [0.25, 0.3) is 0 Å². The fourth-order valence-electron chi connectivity index (χ4n) is 2.74. The fraction of sp³-hybridized carbons (Fsp3) is 0.562. The van der Waals surface area contributed by atoms with Gasteiger partial charge in [0.05, 0.1) is 32.8 Å². The number of hydrogen-bond acceptors (Lipinski definition) is 6. The summed E-state index contributed by atoms with van der Waals surface area (Å²) in [6.07, 6.45) is 0.985. The van der Waals surface area contributed by atoms with Crippen molar-refractivity contribution >= 4 is 15.9 Å². The first-order valence-corrected chi connectivity index (χ1v) is 9.74. The zero-order valence-electron chi connectivity index (χ0n) is 14.6. The third-order valence-corrected chi connectivity index (χ3v) is 5.80. The van der Waals surface area contributed by atoms with Crippen LogP contribution in [0.2, 0.25) is 0 Å². The van der Waals surface area contributed by atoms with E-state index in [2.05, 4.69) is 10.6 Å². The van der Waals surface area contributed by atoms with Crippen molar-refractivity contribution in [3.05, 3.63) is 17.7 Å². The number of urea groups is 1. The summed E-state index contributed by atoms with van der Waals surface area (Å²) in [5, 5.41) is 5.42. The highest BCUT2D eigenvalue weighted by Crippen LogP contribution is 2.34. The fourth-order valence-corrected chi connectivity index (χ4v) is 4.42. The highest BCUT2D eigenvalue weighted by molar-refractivity contribution is 7.91. The summed E-state index contributed by atoms with van der Waals surface area (Å²) in [6, 6.07) is 2.85. The van der Waals surface area contributed by atoms with Crippen LogP contribution in [0.3, 0.4) is 0 Å². The molecular weight excluding hydrogens is 348 g/mol. The molecule has 1 aliphatic rings. The molecule has 0 spiro atoms. The highest BCUT2D eigenvalue weighted by Gasteiger charge is 2.28. The first kappa shape index (κ1) is 19.2. The summed E-state index contributed by atoms with van der Waals surface area (Å²) in [5.41, 5.74) is 0.865. The number of hydrogen-bond donors (Lipinski definition) is 2. The zero-order valence-corrected chi connectivity index (χ0v) is 15.4. The molecule has 2 rings (SSSR count). The summed E-state index contributed by atoms with van der Waals surface area (Å²) in [6.45, 7) is 0.372. The molecule has 25 heavy (non-hydrogen) atoms. The zero-order chi connectivity index (χ0) is 18.4. The monoisotopic (exact) mass is 372 g/mol. The summed E-state index contributed by atoms with van der Waals surface area (Å²) >= 11 is 0. The minimum Gasteiger partial charge on any atom is -0.496 e. The molecule has 0 bridgehead atoms. The Kier molecular flexibility index (Phi) is 6.35. The van der Waals surface area contributed by atoms with Gasteiger partial charge in [0.1, 0.15) is 5.75 Å². The molecule has 0 saturated carbocycles. The second-order valence-corrected chi connectivity index (χ2v) is 8.00. The van der Waals surface area contributed by atoms with Crippen molar-refractivity contribution in [2.45, 2.75) is 18.9 Å². The maximum Gasteiger partial charge on any atom is 0.315 e. The first-order chi connectivity index (χ1) is 11.9. The van der Waals surface area contributed by atoms with Gasteiger partial charge in [-0.25, -0.2) is 13.2 Å². The molecule has 0 aliphatic carbocycles. The van der Waals surface area contributed by atoms with E-state index in [1.165, 1.54) is 0 Å². The lowest BCUT2D eigenvalue weighted by molar-refractivity contribution is 0.238. The molecule has 1 aromatic rings. The molecule has 0 radical (unpaired) electrons. The lowest BCUT2D eigenvalue weighted by Crippen LogP contribution is -2.43. The topological polar surface area (TPSA) is 103 Å². The van der Waals surface area contributed by atoms with Crippen LogP contribution in [0, 0.1) is 0 Å². The number of rotatable bonds is 7. The van der Waals surface area contributed by atoms with Crippen molar-refractivity contribution in [3.8, 4) is 17.2 Å². The van der Waals surface area contributed by atoms with Crippen molar-refractivity contribution in [1.29, 1.82) is 0 Å². The third-order valence-electron chi connectivity index (χ3n) is 4.03. The van der Waals surface area contributed by atoms with E-state index in [4.69, 9.17) is 14.2 Å². The Morgan fingerprint density at radius 2 is 1.76 bits per heavy atom. The van der Waals surface area contributed by atoms with Crippen LogP contribution >= 0.6 is 0 Å². The standard InChI is InChI=1S/C16H24N2O6S/c1-22-13-9-15(24-3)14(23-2)8-11(13)4-6-17-16(19)18-12-5-7-25(20,21)10-12/h8-9,12H,4-7,10H2,1-3H3,(H2,17,18,19). The van der Waals surface area contributed by atoms with Gasteiger partial charge in [-0.05, 0) is 24.5 Å². The average Bonchev–Trinajstić information content (AvgIpc) is 2.92. The molecule has 2 N–H and O–H groups in total. The highest BCUT2D eigenvalue weighted by atomic mass is 32.2. The van der Waals surface area contributed by atoms with Gasteiger partial charge in [0, 0.05) is 18.7 Å². The summed E-state index contributed by atoms with van der Waals surface area (Å²) < 4.78 is 38.6. The van der Waals surface area contributed by atoms with Gasteiger partial charge in [0.15, 0.2) is 21.3 Å². The maximum atomic E-state index is 11.9. The van der Waals surface area contributed by atoms with E-state index in [0.717, 1.165) is 5.56 Å². The van der Waals surface area contributed by atoms with Crippen LogP contribution in [-0.2, 0) is 16.3 Å². The molecular formula is C16H24N2O6S. The van der Waals surface area contributed by atoms with Crippen molar-refractivity contribution < 1.29 is 27.4 Å². The van der Waals surface area contributed by atoms with Crippen LogP contribution in [0.15, 0.2) is 12.1 Å². The quantitative estimate of drug-likeness (QED) is 0.732. The van der Waals surface area contributed by atoms with E-state index in [1.54, 1.807) is 33.5 Å². The molecule has 1 saturated heterocycles. The molecule has 1 fully saturated rings. The molecule has 1 heterocycles. The third kappa shape index (κ3) is 5.15. The normalized spacial score (nSPS) is 18.4. The molecule has 1 aromatic carbocycles. The first-order valence-electron chi connectivity index (χ1n) is 7.92. The Hall–Kier alpha value is -2.16. The largest absolute Gasteiger partial charge is 0.496 e. The Morgan fingerprint density at radius 1 is 1.12 bits per heavy atom. The molecule has 9 heteroatoms. The minimum atomic E-state index is -3.01. The Bertz CT molecular complexity index is 720. The van der Waals surface area contributed by atoms with Gasteiger partial charge in [-0.3, -0.25) is 0 Å². The summed E-state index contributed by atoms with van der Waals surface area (Å²) in [5.74, 6) is 1.92. The van der Waals surface area contributed by atoms with E-state index >= 15 is 0 Å². The second kappa shape index (κ2) is 8.28. The smallest absolute Gasteiger partial charge is 0.315 e. The van der Waals surface area contributed by atoms with Crippen LogP contribution in [0.4, 0.5) is 4.79 Å². The van der Waals surface area contributed by atoms with Gasteiger partial charge in [0.25, 0.3) is 0 Å². The number of carbonyl (C=O) groups is 1. The number of amides is 2. The summed E-state index contributed by atoms with van der Waals surface area (Å²) in [4.78, 5) is 11.9. The predicted molar refractivity (Wildman–Crippen MR) is 93.4 cm³/mol.